The average molecular weight is 401 g/mol. The molecule has 3 heterocycles. The third kappa shape index (κ3) is 3.85. The second-order valence-electron chi connectivity index (χ2n) is 9.00. The number of benzene rings is 1. The standard InChI is InChI=1S/C22H25F2N3O2/c23-16-7-14(8-17(24)9-16)12-26-18-3-4-19(26)11-22(29,10-18)13-27-21(28)6-5-20(25-27)15-1-2-15/h5-9,15,18-19,29H,1-4,10-13H2/t18-,19-/m0/s1. The van der Waals surface area contributed by atoms with E-state index < -0.39 is 17.2 Å². The number of hydrogen-bond donors (Lipinski definition) is 1. The topological polar surface area (TPSA) is 58.4 Å². The molecule has 3 fully saturated rings. The molecule has 1 aliphatic carbocycles. The highest BCUT2D eigenvalue weighted by Gasteiger charge is 2.47. The number of piperidine rings is 1. The molecule has 0 radical (unpaired) electrons. The van der Waals surface area contributed by atoms with Crippen LogP contribution in [0.25, 0.3) is 0 Å². The molecule has 29 heavy (non-hydrogen) atoms. The van der Waals surface area contributed by atoms with E-state index in [0.29, 0.717) is 30.9 Å². The van der Waals surface area contributed by atoms with Gasteiger partial charge in [-0.25, -0.2) is 13.5 Å². The first-order valence-corrected chi connectivity index (χ1v) is 10.4. The van der Waals surface area contributed by atoms with Crippen LogP contribution in [-0.4, -0.2) is 37.5 Å². The van der Waals surface area contributed by atoms with E-state index in [9.17, 15) is 18.7 Å². The summed E-state index contributed by atoms with van der Waals surface area (Å²) in [6, 6.07) is 7.23. The SMILES string of the molecule is O=c1ccc(C2CC2)nn1CC1(O)C[C@@H]2CC[C@@H](C1)N2Cc1cc(F)cc(F)c1. The summed E-state index contributed by atoms with van der Waals surface area (Å²) in [5, 5.41) is 15.8. The first-order valence-electron chi connectivity index (χ1n) is 10.4. The van der Waals surface area contributed by atoms with E-state index >= 15 is 0 Å². The van der Waals surface area contributed by atoms with Gasteiger partial charge < -0.3 is 5.11 Å². The number of aliphatic hydroxyl groups is 1. The van der Waals surface area contributed by atoms with E-state index in [0.717, 1.165) is 37.4 Å². The van der Waals surface area contributed by atoms with E-state index in [2.05, 4.69) is 10.00 Å². The molecule has 2 aliphatic heterocycles. The molecule has 1 aromatic carbocycles. The molecule has 1 aromatic heterocycles. The van der Waals surface area contributed by atoms with E-state index in [1.807, 2.05) is 0 Å². The minimum atomic E-state index is -0.992. The Morgan fingerprint density at radius 2 is 1.69 bits per heavy atom. The minimum absolute atomic E-state index is 0.132. The Hall–Kier alpha value is -2.12. The zero-order chi connectivity index (χ0) is 20.2. The Morgan fingerprint density at radius 1 is 1.03 bits per heavy atom. The van der Waals surface area contributed by atoms with Gasteiger partial charge in [-0.2, -0.15) is 5.10 Å². The van der Waals surface area contributed by atoms with Gasteiger partial charge in [-0.1, -0.05) is 0 Å². The first kappa shape index (κ1) is 18.9. The molecule has 154 valence electrons. The van der Waals surface area contributed by atoms with Crippen molar-refractivity contribution in [1.29, 1.82) is 0 Å². The Balaban J connectivity index is 1.32. The van der Waals surface area contributed by atoms with Gasteiger partial charge in [0.1, 0.15) is 11.6 Å². The number of halogens is 2. The Kier molecular flexibility index (Phi) is 4.55. The van der Waals surface area contributed by atoms with Crippen molar-refractivity contribution in [2.75, 3.05) is 0 Å². The van der Waals surface area contributed by atoms with Crippen LogP contribution in [0.1, 0.15) is 55.7 Å². The van der Waals surface area contributed by atoms with Crippen molar-refractivity contribution >= 4 is 0 Å². The molecule has 5 nitrogen and oxygen atoms in total. The zero-order valence-corrected chi connectivity index (χ0v) is 16.2. The van der Waals surface area contributed by atoms with Crippen molar-refractivity contribution in [2.45, 2.75) is 75.2 Å². The Morgan fingerprint density at radius 3 is 2.31 bits per heavy atom. The van der Waals surface area contributed by atoms with Crippen molar-refractivity contribution in [3.05, 3.63) is 63.6 Å². The summed E-state index contributed by atoms with van der Waals surface area (Å²) in [6.07, 6.45) is 5.15. The van der Waals surface area contributed by atoms with Crippen molar-refractivity contribution in [2.24, 2.45) is 0 Å². The largest absolute Gasteiger partial charge is 0.388 e. The monoisotopic (exact) mass is 401 g/mol. The summed E-state index contributed by atoms with van der Waals surface area (Å²) in [5.41, 5.74) is 0.364. The van der Waals surface area contributed by atoms with Crippen LogP contribution in [0.4, 0.5) is 8.78 Å². The van der Waals surface area contributed by atoms with Gasteiger partial charge in [0.05, 0.1) is 17.8 Å². The van der Waals surface area contributed by atoms with Crippen LogP contribution in [0.2, 0.25) is 0 Å². The highest BCUT2D eigenvalue weighted by Crippen LogP contribution is 2.42. The van der Waals surface area contributed by atoms with Crippen LogP contribution in [0.3, 0.4) is 0 Å². The fourth-order valence-corrected chi connectivity index (χ4v) is 5.17. The zero-order valence-electron chi connectivity index (χ0n) is 16.2. The van der Waals surface area contributed by atoms with Gasteiger partial charge in [-0.3, -0.25) is 9.69 Å². The average Bonchev–Trinajstić information content (AvgIpc) is 3.45. The minimum Gasteiger partial charge on any atom is -0.388 e. The van der Waals surface area contributed by atoms with Gasteiger partial charge in [0, 0.05) is 36.7 Å². The number of aromatic nitrogens is 2. The molecule has 5 rings (SSSR count). The molecular formula is C22H25F2N3O2. The molecule has 1 N–H and O–H groups in total. The molecule has 2 atom stereocenters. The van der Waals surface area contributed by atoms with Gasteiger partial charge in [0.25, 0.3) is 5.56 Å². The van der Waals surface area contributed by atoms with E-state index in [-0.39, 0.29) is 24.2 Å². The normalized spacial score (nSPS) is 29.3. The lowest BCUT2D eigenvalue weighted by Gasteiger charge is -2.43. The van der Waals surface area contributed by atoms with Crippen LogP contribution in [0.5, 0.6) is 0 Å². The lowest BCUT2D eigenvalue weighted by Crippen LogP contribution is -2.53. The summed E-state index contributed by atoms with van der Waals surface area (Å²) in [6.45, 7) is 0.664. The second kappa shape index (κ2) is 6.99. The predicted molar refractivity (Wildman–Crippen MR) is 103 cm³/mol. The fraction of sp³-hybridized carbons (Fsp3) is 0.545. The maximum Gasteiger partial charge on any atom is 0.266 e. The fourth-order valence-electron chi connectivity index (χ4n) is 5.17. The summed E-state index contributed by atoms with van der Waals surface area (Å²) in [5.74, 6) is -0.690. The molecule has 2 saturated heterocycles. The maximum atomic E-state index is 13.6. The third-order valence-electron chi connectivity index (χ3n) is 6.62. The Labute approximate surface area is 168 Å². The van der Waals surface area contributed by atoms with Crippen molar-refractivity contribution < 1.29 is 13.9 Å². The maximum absolute atomic E-state index is 13.6. The number of fused-ring (bicyclic) bond motifs is 2. The van der Waals surface area contributed by atoms with Crippen LogP contribution in [-0.2, 0) is 13.1 Å². The summed E-state index contributed by atoms with van der Waals surface area (Å²) in [7, 11) is 0. The molecule has 0 unspecified atom stereocenters. The summed E-state index contributed by atoms with van der Waals surface area (Å²) >= 11 is 0. The molecular weight excluding hydrogens is 376 g/mol. The van der Waals surface area contributed by atoms with Crippen molar-refractivity contribution in [3.63, 3.8) is 0 Å². The highest BCUT2D eigenvalue weighted by atomic mass is 19.1. The number of rotatable bonds is 5. The van der Waals surface area contributed by atoms with Crippen LogP contribution in [0.15, 0.2) is 35.1 Å². The van der Waals surface area contributed by atoms with Gasteiger partial charge in [-0.15, -0.1) is 0 Å². The molecule has 2 bridgehead atoms. The lowest BCUT2D eigenvalue weighted by atomic mass is 9.85. The molecule has 3 aliphatic rings. The second-order valence-corrected chi connectivity index (χ2v) is 9.00. The van der Waals surface area contributed by atoms with Gasteiger partial charge in [0.15, 0.2) is 0 Å². The van der Waals surface area contributed by atoms with E-state index in [4.69, 9.17) is 0 Å². The van der Waals surface area contributed by atoms with Gasteiger partial charge >= 0.3 is 0 Å². The smallest absolute Gasteiger partial charge is 0.266 e. The molecule has 0 spiro atoms. The lowest BCUT2D eigenvalue weighted by molar-refractivity contribution is -0.0678. The predicted octanol–water partition coefficient (Wildman–Crippen LogP) is 2.96. The van der Waals surface area contributed by atoms with Crippen molar-refractivity contribution in [3.8, 4) is 0 Å². The summed E-state index contributed by atoms with van der Waals surface area (Å²) < 4.78 is 28.5. The van der Waals surface area contributed by atoms with Crippen LogP contribution < -0.4 is 5.56 Å². The molecule has 0 amide bonds. The van der Waals surface area contributed by atoms with Gasteiger partial charge in [0.2, 0.25) is 0 Å². The molecule has 2 aromatic rings. The van der Waals surface area contributed by atoms with Crippen LogP contribution >= 0.6 is 0 Å². The number of hydrogen-bond acceptors (Lipinski definition) is 4. The summed E-state index contributed by atoms with van der Waals surface area (Å²) in [4.78, 5) is 14.5. The van der Waals surface area contributed by atoms with E-state index in [1.165, 1.54) is 16.8 Å². The van der Waals surface area contributed by atoms with Gasteiger partial charge in [-0.05, 0) is 62.3 Å². The van der Waals surface area contributed by atoms with E-state index in [1.54, 1.807) is 12.1 Å². The molecule has 1 saturated carbocycles. The quantitative estimate of drug-likeness (QED) is 0.837. The third-order valence-corrected chi connectivity index (χ3v) is 6.62. The Bertz CT molecular complexity index is 954. The highest BCUT2D eigenvalue weighted by molar-refractivity contribution is 5.19. The number of nitrogens with zero attached hydrogens (tertiary/aromatic N) is 3. The van der Waals surface area contributed by atoms with Crippen molar-refractivity contribution in [1.82, 2.24) is 14.7 Å². The first-order chi connectivity index (χ1) is 13.9. The van der Waals surface area contributed by atoms with Crippen LogP contribution in [0, 0.1) is 11.6 Å². The molecule has 7 heteroatoms.